The monoisotopic (exact) mass is 311 g/mol. The van der Waals surface area contributed by atoms with Gasteiger partial charge in [0.1, 0.15) is 11.4 Å². The third-order valence-electron chi connectivity index (χ3n) is 4.32. The zero-order valence-corrected chi connectivity index (χ0v) is 13.4. The number of nitrogens with two attached hydrogens (primary N) is 1. The fourth-order valence-electron chi connectivity index (χ4n) is 2.98. The second-order valence-electron chi connectivity index (χ2n) is 5.61. The number of hydrogen-bond acceptors (Lipinski definition) is 3. The smallest absolute Gasteiger partial charge is 0.110 e. The molecular weight excluding hydrogens is 294 g/mol. The van der Waals surface area contributed by atoms with E-state index in [0.29, 0.717) is 11.4 Å². The Morgan fingerprint density at radius 3 is 2.41 bits per heavy atom. The van der Waals surface area contributed by atoms with E-state index < -0.39 is 5.54 Å². The van der Waals surface area contributed by atoms with Crippen molar-refractivity contribution in [3.05, 3.63) is 70.8 Å². The van der Waals surface area contributed by atoms with Crippen molar-refractivity contribution in [3.63, 3.8) is 0 Å². The van der Waals surface area contributed by atoms with Crippen molar-refractivity contribution in [1.29, 1.82) is 5.26 Å². The number of benzene rings is 2. The molecular formula is C18H18ClN3. The fraction of sp³-hybridized carbons (Fsp3) is 0.222. The quantitative estimate of drug-likeness (QED) is 0.872. The molecule has 4 heteroatoms. The molecule has 0 saturated carbocycles. The number of amidine groups is 1. The maximum atomic E-state index is 8.94. The van der Waals surface area contributed by atoms with Gasteiger partial charge in [0.15, 0.2) is 0 Å². The summed E-state index contributed by atoms with van der Waals surface area (Å²) in [5.41, 5.74) is 9.75. The minimum absolute atomic E-state index is 0. The third-order valence-corrected chi connectivity index (χ3v) is 4.32. The molecule has 0 amide bonds. The summed E-state index contributed by atoms with van der Waals surface area (Å²) in [6, 6.07) is 18.0. The number of rotatable bonds is 1. The van der Waals surface area contributed by atoms with E-state index in [1.54, 1.807) is 0 Å². The number of fused-ring (bicyclic) bond motifs is 1. The first-order chi connectivity index (χ1) is 10.1. The Labute approximate surface area is 136 Å². The zero-order chi connectivity index (χ0) is 15.0. The molecule has 0 radical (unpaired) electrons. The lowest BCUT2D eigenvalue weighted by molar-refractivity contribution is 0.577. The van der Waals surface area contributed by atoms with Crippen molar-refractivity contribution in [3.8, 4) is 6.07 Å². The Kier molecular flexibility index (Phi) is 4.25. The van der Waals surface area contributed by atoms with Crippen molar-refractivity contribution in [2.24, 2.45) is 10.7 Å². The predicted octanol–water partition coefficient (Wildman–Crippen LogP) is 3.72. The molecule has 0 aromatic heterocycles. The Morgan fingerprint density at radius 1 is 1.14 bits per heavy atom. The van der Waals surface area contributed by atoms with Crippen LogP contribution in [0, 0.1) is 11.3 Å². The lowest BCUT2D eigenvalue weighted by Gasteiger charge is -2.35. The van der Waals surface area contributed by atoms with Gasteiger partial charge in [0.05, 0.1) is 11.6 Å². The van der Waals surface area contributed by atoms with Crippen molar-refractivity contribution in [2.45, 2.75) is 25.3 Å². The summed E-state index contributed by atoms with van der Waals surface area (Å²) < 4.78 is 0. The van der Waals surface area contributed by atoms with Gasteiger partial charge >= 0.3 is 0 Å². The van der Waals surface area contributed by atoms with Gasteiger partial charge in [0, 0.05) is 5.92 Å². The maximum absolute atomic E-state index is 8.94. The average Bonchev–Trinajstić information content (AvgIpc) is 2.53. The van der Waals surface area contributed by atoms with Crippen molar-refractivity contribution in [2.75, 3.05) is 0 Å². The van der Waals surface area contributed by atoms with Crippen LogP contribution in [0.4, 0.5) is 0 Å². The van der Waals surface area contributed by atoms with E-state index in [1.165, 1.54) is 11.1 Å². The summed E-state index contributed by atoms with van der Waals surface area (Å²) in [6.45, 7) is 4.15. The maximum Gasteiger partial charge on any atom is 0.110 e. The normalized spacial score (nSPS) is 22.8. The van der Waals surface area contributed by atoms with Crippen molar-refractivity contribution < 1.29 is 0 Å². The first-order valence-electron chi connectivity index (χ1n) is 7.01. The molecule has 2 aromatic carbocycles. The standard InChI is InChI=1S/C18H17N3.ClH/c1-12-15-5-3-4-6-16(15)18(2,21-17(12)20)14-9-7-13(11-19)8-10-14;/h3-10,12H,1-2H3,(H2,20,21);1H. The molecule has 0 fully saturated rings. The molecule has 1 aliphatic rings. The summed E-state index contributed by atoms with van der Waals surface area (Å²) in [4.78, 5) is 4.77. The Balaban J connectivity index is 0.00000176. The second kappa shape index (κ2) is 5.82. The van der Waals surface area contributed by atoms with Gasteiger partial charge in [-0.1, -0.05) is 43.3 Å². The van der Waals surface area contributed by atoms with Crippen LogP contribution in [0.3, 0.4) is 0 Å². The van der Waals surface area contributed by atoms with E-state index in [1.807, 2.05) is 36.4 Å². The summed E-state index contributed by atoms with van der Waals surface area (Å²) in [5, 5.41) is 8.94. The highest BCUT2D eigenvalue weighted by Gasteiger charge is 2.36. The highest BCUT2D eigenvalue weighted by atomic mass is 35.5. The van der Waals surface area contributed by atoms with Gasteiger partial charge < -0.3 is 5.73 Å². The van der Waals surface area contributed by atoms with Crippen LogP contribution < -0.4 is 5.73 Å². The molecule has 0 aliphatic carbocycles. The number of nitriles is 1. The summed E-state index contributed by atoms with van der Waals surface area (Å²) >= 11 is 0. The number of halogens is 1. The summed E-state index contributed by atoms with van der Waals surface area (Å²) in [6.07, 6.45) is 0. The van der Waals surface area contributed by atoms with Gasteiger partial charge in [-0.25, -0.2) is 0 Å². The number of aliphatic imine (C=N–C) groups is 1. The van der Waals surface area contributed by atoms with E-state index >= 15 is 0 Å². The molecule has 0 spiro atoms. The van der Waals surface area contributed by atoms with E-state index in [9.17, 15) is 0 Å². The Hall–Kier alpha value is -2.31. The molecule has 2 N–H and O–H groups in total. The van der Waals surface area contributed by atoms with Gasteiger partial charge in [-0.3, -0.25) is 4.99 Å². The van der Waals surface area contributed by atoms with Crippen LogP contribution in [0.5, 0.6) is 0 Å². The molecule has 0 bridgehead atoms. The molecule has 0 saturated heterocycles. The van der Waals surface area contributed by atoms with Gasteiger partial charge in [-0.05, 0) is 35.7 Å². The molecule has 3 nitrogen and oxygen atoms in total. The van der Waals surface area contributed by atoms with Crippen molar-refractivity contribution in [1.82, 2.24) is 0 Å². The molecule has 2 atom stereocenters. The number of nitrogens with zero attached hydrogens (tertiary/aromatic N) is 2. The minimum atomic E-state index is -0.499. The molecule has 3 rings (SSSR count). The van der Waals surface area contributed by atoms with Gasteiger partial charge in [0.2, 0.25) is 0 Å². The topological polar surface area (TPSA) is 62.2 Å². The lowest BCUT2D eigenvalue weighted by Crippen LogP contribution is -2.35. The molecule has 1 heterocycles. The first-order valence-corrected chi connectivity index (χ1v) is 7.01. The van der Waals surface area contributed by atoms with Crippen LogP contribution in [0.1, 0.15) is 42.0 Å². The molecule has 1 aliphatic heterocycles. The van der Waals surface area contributed by atoms with Gasteiger partial charge in [-0.2, -0.15) is 5.26 Å². The average molecular weight is 312 g/mol. The molecule has 2 aromatic rings. The van der Waals surface area contributed by atoms with Gasteiger partial charge in [-0.15, -0.1) is 12.4 Å². The van der Waals surface area contributed by atoms with E-state index in [-0.39, 0.29) is 18.3 Å². The van der Waals surface area contributed by atoms with E-state index in [2.05, 4.69) is 32.0 Å². The molecule has 22 heavy (non-hydrogen) atoms. The van der Waals surface area contributed by atoms with Gasteiger partial charge in [0.25, 0.3) is 0 Å². The van der Waals surface area contributed by atoms with Crippen molar-refractivity contribution >= 4 is 18.2 Å². The SMILES string of the molecule is CC1C(N)=NC(C)(c2ccc(C#N)cc2)c2ccccc21.Cl. The summed E-state index contributed by atoms with van der Waals surface area (Å²) in [7, 11) is 0. The van der Waals surface area contributed by atoms with Crippen LogP contribution >= 0.6 is 12.4 Å². The fourth-order valence-corrected chi connectivity index (χ4v) is 2.98. The second-order valence-corrected chi connectivity index (χ2v) is 5.61. The Bertz CT molecular complexity index is 759. The zero-order valence-electron chi connectivity index (χ0n) is 12.6. The van der Waals surface area contributed by atoms with Crippen LogP contribution in [0.15, 0.2) is 53.5 Å². The predicted molar refractivity (Wildman–Crippen MR) is 91.3 cm³/mol. The van der Waals surface area contributed by atoms with Crippen LogP contribution in [0.25, 0.3) is 0 Å². The number of hydrogen-bond donors (Lipinski definition) is 1. The minimum Gasteiger partial charge on any atom is -0.387 e. The van der Waals surface area contributed by atoms with Crippen LogP contribution in [0.2, 0.25) is 0 Å². The van der Waals surface area contributed by atoms with Crippen LogP contribution in [-0.2, 0) is 5.54 Å². The highest BCUT2D eigenvalue weighted by molar-refractivity contribution is 5.90. The highest BCUT2D eigenvalue weighted by Crippen LogP contribution is 2.41. The molecule has 112 valence electrons. The Morgan fingerprint density at radius 2 is 1.77 bits per heavy atom. The molecule has 2 unspecified atom stereocenters. The van der Waals surface area contributed by atoms with E-state index in [4.69, 9.17) is 16.0 Å². The third kappa shape index (κ3) is 2.36. The first kappa shape index (κ1) is 16.1. The largest absolute Gasteiger partial charge is 0.387 e. The van der Waals surface area contributed by atoms with Crippen LogP contribution in [-0.4, -0.2) is 5.84 Å². The summed E-state index contributed by atoms with van der Waals surface area (Å²) in [5.74, 6) is 0.785. The lowest BCUT2D eigenvalue weighted by atomic mass is 9.77. The van der Waals surface area contributed by atoms with E-state index in [0.717, 1.165) is 5.56 Å².